The van der Waals surface area contributed by atoms with Crippen LogP contribution in [0.4, 0.5) is 0 Å². The van der Waals surface area contributed by atoms with Gasteiger partial charge in [0.2, 0.25) is 0 Å². The van der Waals surface area contributed by atoms with Crippen molar-refractivity contribution in [2.75, 3.05) is 0 Å². The Labute approximate surface area is 112 Å². The zero-order valence-electron chi connectivity index (χ0n) is 8.59. The first-order chi connectivity index (χ1) is 7.09. The highest BCUT2D eigenvalue weighted by atomic mass is 127. The van der Waals surface area contributed by atoms with Crippen molar-refractivity contribution in [1.29, 1.82) is 0 Å². The Morgan fingerprint density at radius 3 is 2.20 bits per heavy atom. The number of benzene rings is 1. The van der Waals surface area contributed by atoms with Crippen LogP contribution < -0.4 is 0 Å². The first-order valence-corrected chi connectivity index (χ1v) is 6.57. The summed E-state index contributed by atoms with van der Waals surface area (Å²) in [7, 11) is 0. The first kappa shape index (κ1) is 11.2. The van der Waals surface area contributed by atoms with Crippen molar-refractivity contribution in [3.05, 3.63) is 49.8 Å². The molecule has 2 aromatic rings. The molecule has 0 atom stereocenters. The molecule has 0 bridgehead atoms. The number of halogens is 2. The van der Waals surface area contributed by atoms with Crippen LogP contribution in [0.2, 0.25) is 0 Å². The van der Waals surface area contributed by atoms with Crippen LogP contribution in [-0.4, -0.2) is 4.57 Å². The molecule has 0 spiro atoms. The molecule has 3 heteroatoms. The predicted molar refractivity (Wildman–Crippen MR) is 75.7 cm³/mol. The Morgan fingerprint density at radius 2 is 1.67 bits per heavy atom. The van der Waals surface area contributed by atoms with E-state index in [9.17, 15) is 0 Å². The maximum absolute atomic E-state index is 3.61. The molecule has 0 aliphatic rings. The summed E-state index contributed by atoms with van der Waals surface area (Å²) in [6.45, 7) is 4.24. The molecule has 1 aromatic carbocycles. The van der Waals surface area contributed by atoms with E-state index in [2.05, 4.69) is 87.3 Å². The number of aromatic nitrogens is 1. The second kappa shape index (κ2) is 4.29. The summed E-state index contributed by atoms with van der Waals surface area (Å²) in [5.74, 6) is 0. The smallest absolute Gasteiger partial charge is 0.0597 e. The van der Waals surface area contributed by atoms with Gasteiger partial charge in [0.1, 0.15) is 0 Å². The summed E-state index contributed by atoms with van der Waals surface area (Å²) in [5, 5.41) is 0. The van der Waals surface area contributed by atoms with Crippen molar-refractivity contribution in [2.24, 2.45) is 0 Å². The van der Waals surface area contributed by atoms with Crippen LogP contribution in [0.5, 0.6) is 0 Å². The summed E-state index contributed by atoms with van der Waals surface area (Å²) in [6.07, 6.45) is 0. The van der Waals surface area contributed by atoms with Crippen molar-refractivity contribution < 1.29 is 0 Å². The van der Waals surface area contributed by atoms with Crippen LogP contribution in [0.1, 0.15) is 11.4 Å². The lowest BCUT2D eigenvalue weighted by molar-refractivity contribution is 0.960. The molecule has 1 nitrogen and oxygen atoms in total. The maximum Gasteiger partial charge on any atom is 0.0597 e. The van der Waals surface area contributed by atoms with Crippen molar-refractivity contribution in [3.8, 4) is 5.69 Å². The number of hydrogen-bond acceptors (Lipinski definition) is 0. The Morgan fingerprint density at radius 1 is 1.07 bits per heavy atom. The molecule has 78 valence electrons. The third-order valence-electron chi connectivity index (χ3n) is 2.42. The predicted octanol–water partition coefficient (Wildman–Crippen LogP) is 4.46. The van der Waals surface area contributed by atoms with Gasteiger partial charge in [-0.3, -0.25) is 0 Å². The molecule has 0 radical (unpaired) electrons. The number of aryl methyl sites for hydroxylation is 2. The van der Waals surface area contributed by atoms with Gasteiger partial charge >= 0.3 is 0 Å². The molecule has 2 rings (SSSR count). The fourth-order valence-electron chi connectivity index (χ4n) is 1.71. The van der Waals surface area contributed by atoms with Gasteiger partial charge in [-0.1, -0.05) is 0 Å². The lowest BCUT2D eigenvalue weighted by Gasteiger charge is -2.11. The Hall–Kier alpha value is -0.290. The van der Waals surface area contributed by atoms with Gasteiger partial charge in [-0.15, -0.1) is 0 Å². The van der Waals surface area contributed by atoms with Crippen LogP contribution in [-0.2, 0) is 0 Å². The van der Waals surface area contributed by atoms with Gasteiger partial charge in [-0.05, 0) is 82.7 Å². The zero-order valence-corrected chi connectivity index (χ0v) is 12.3. The molecular formula is C12H11BrIN. The highest BCUT2D eigenvalue weighted by Gasteiger charge is 2.07. The van der Waals surface area contributed by atoms with Gasteiger partial charge in [0.25, 0.3) is 0 Å². The molecule has 0 unspecified atom stereocenters. The highest BCUT2D eigenvalue weighted by Crippen LogP contribution is 2.26. The third-order valence-corrected chi connectivity index (χ3v) is 3.73. The van der Waals surface area contributed by atoms with Crippen molar-refractivity contribution in [2.45, 2.75) is 13.8 Å². The summed E-state index contributed by atoms with van der Waals surface area (Å²) in [6, 6.07) is 10.7. The normalized spacial score (nSPS) is 10.7. The molecule has 0 N–H and O–H groups in total. The molecule has 0 fully saturated rings. The molecule has 0 aliphatic heterocycles. The van der Waals surface area contributed by atoms with E-state index in [1.807, 2.05) is 0 Å². The summed E-state index contributed by atoms with van der Waals surface area (Å²) >= 11 is 5.93. The van der Waals surface area contributed by atoms with E-state index in [0.717, 1.165) is 4.47 Å². The fourth-order valence-corrected chi connectivity index (χ4v) is 3.19. The molecule has 1 heterocycles. The molecule has 0 saturated heterocycles. The van der Waals surface area contributed by atoms with Gasteiger partial charge in [0, 0.05) is 19.4 Å². The second-order valence-corrected chi connectivity index (χ2v) is 5.65. The van der Waals surface area contributed by atoms with E-state index >= 15 is 0 Å². The third kappa shape index (κ3) is 2.13. The van der Waals surface area contributed by atoms with E-state index in [0.29, 0.717) is 0 Å². The van der Waals surface area contributed by atoms with Crippen LogP contribution in [0, 0.1) is 17.4 Å². The van der Waals surface area contributed by atoms with E-state index in [1.54, 1.807) is 0 Å². The largest absolute Gasteiger partial charge is 0.317 e. The molecule has 0 aliphatic carbocycles. The van der Waals surface area contributed by atoms with Crippen molar-refractivity contribution >= 4 is 38.5 Å². The summed E-state index contributed by atoms with van der Waals surface area (Å²) in [5.41, 5.74) is 3.72. The van der Waals surface area contributed by atoms with Crippen LogP contribution >= 0.6 is 38.5 Å². The van der Waals surface area contributed by atoms with E-state index in [1.165, 1.54) is 20.6 Å². The topological polar surface area (TPSA) is 4.93 Å². The molecule has 15 heavy (non-hydrogen) atoms. The van der Waals surface area contributed by atoms with Crippen LogP contribution in [0.15, 0.2) is 34.8 Å². The van der Waals surface area contributed by atoms with Gasteiger partial charge in [-0.2, -0.15) is 0 Å². The Bertz CT molecular complexity index is 483. The maximum atomic E-state index is 3.61. The Balaban J connectivity index is 2.64. The monoisotopic (exact) mass is 375 g/mol. The summed E-state index contributed by atoms with van der Waals surface area (Å²) in [4.78, 5) is 0. The molecule has 0 amide bonds. The minimum Gasteiger partial charge on any atom is -0.317 e. The standard InChI is InChI=1S/C12H11BrIN/c1-8-3-4-9(2)15(8)12-6-5-10(14)7-11(12)13/h3-7H,1-2H3. The summed E-state index contributed by atoms with van der Waals surface area (Å²) < 4.78 is 4.63. The average Bonchev–Trinajstić information content (AvgIpc) is 2.48. The average molecular weight is 376 g/mol. The number of hydrogen-bond donors (Lipinski definition) is 0. The fraction of sp³-hybridized carbons (Fsp3) is 0.167. The Kier molecular flexibility index (Phi) is 3.21. The van der Waals surface area contributed by atoms with Gasteiger partial charge < -0.3 is 4.57 Å². The van der Waals surface area contributed by atoms with Gasteiger partial charge in [-0.25, -0.2) is 0 Å². The van der Waals surface area contributed by atoms with Gasteiger partial charge in [0.05, 0.1) is 5.69 Å². The SMILES string of the molecule is Cc1ccc(C)n1-c1ccc(I)cc1Br. The minimum atomic E-state index is 1.14. The van der Waals surface area contributed by atoms with E-state index in [-0.39, 0.29) is 0 Å². The minimum absolute atomic E-state index is 1.14. The molecular weight excluding hydrogens is 365 g/mol. The second-order valence-electron chi connectivity index (χ2n) is 3.55. The lowest BCUT2D eigenvalue weighted by atomic mass is 10.3. The molecule has 0 saturated carbocycles. The van der Waals surface area contributed by atoms with Gasteiger partial charge in [0.15, 0.2) is 0 Å². The van der Waals surface area contributed by atoms with Crippen LogP contribution in [0.25, 0.3) is 5.69 Å². The zero-order chi connectivity index (χ0) is 11.0. The lowest BCUT2D eigenvalue weighted by Crippen LogP contribution is -1.99. The first-order valence-electron chi connectivity index (χ1n) is 4.70. The number of rotatable bonds is 1. The highest BCUT2D eigenvalue weighted by molar-refractivity contribution is 14.1. The van der Waals surface area contributed by atoms with E-state index < -0.39 is 0 Å². The quantitative estimate of drug-likeness (QED) is 0.648. The number of nitrogens with zero attached hydrogens (tertiary/aromatic N) is 1. The van der Waals surface area contributed by atoms with Crippen LogP contribution in [0.3, 0.4) is 0 Å². The van der Waals surface area contributed by atoms with Crippen molar-refractivity contribution in [3.63, 3.8) is 0 Å². The van der Waals surface area contributed by atoms with Crippen molar-refractivity contribution in [1.82, 2.24) is 4.57 Å². The molecule has 1 aromatic heterocycles. The van der Waals surface area contributed by atoms with E-state index in [4.69, 9.17) is 0 Å².